The van der Waals surface area contributed by atoms with Crippen LogP contribution in [-0.4, -0.2) is 0 Å². The van der Waals surface area contributed by atoms with E-state index >= 15 is 0 Å². The second-order valence-corrected chi connectivity index (χ2v) is 19.1. The van der Waals surface area contributed by atoms with Gasteiger partial charge in [0.2, 0.25) is 0 Å². The topological polar surface area (TPSA) is 0 Å². The molecule has 8 aromatic rings. The largest absolute Gasteiger partial charge is 0.0991 e. The molecule has 6 aliphatic rings. The number of hydrogen-bond acceptors (Lipinski definition) is 0. The van der Waals surface area contributed by atoms with Crippen molar-refractivity contribution in [3.8, 4) is 33.4 Å². The Labute approximate surface area is 346 Å². The van der Waals surface area contributed by atoms with Crippen LogP contribution >= 0.6 is 7.92 Å². The fourth-order valence-corrected chi connectivity index (χ4v) is 16.9. The third kappa shape index (κ3) is 3.32. The van der Waals surface area contributed by atoms with E-state index in [0.29, 0.717) is 0 Å². The average Bonchev–Trinajstić information content (AvgIpc) is 3.88. The zero-order valence-corrected chi connectivity index (χ0v) is 33.5. The number of fused-ring (bicyclic) bond motifs is 19. The number of rotatable bonds is 1. The van der Waals surface area contributed by atoms with Crippen molar-refractivity contribution in [3.05, 3.63) is 273 Å². The van der Waals surface area contributed by atoms with Crippen LogP contribution in [0, 0.1) is 0 Å². The highest BCUT2D eigenvalue weighted by Gasteiger charge is 2.64. The average molecular weight is 765 g/mol. The fraction of sp³-hybridized carbons (Fsp3) is 0.0690. The molecule has 3 aliphatic carbocycles. The molecular weight excluding hydrogens is 728 g/mol. The molecule has 0 nitrogen and oxygen atoms in total. The molecule has 1 atom stereocenters. The highest BCUT2D eigenvalue weighted by molar-refractivity contribution is 7.78. The molecule has 3 heterocycles. The molecule has 274 valence electrons. The second-order valence-electron chi connectivity index (χ2n) is 17.1. The Morgan fingerprint density at radius 2 is 0.644 bits per heavy atom. The Morgan fingerprint density at radius 3 is 1.02 bits per heavy atom. The van der Waals surface area contributed by atoms with E-state index in [0.717, 1.165) is 0 Å². The Kier molecular flexibility index (Phi) is 5.99. The van der Waals surface area contributed by atoms with Gasteiger partial charge in [0.15, 0.2) is 0 Å². The Balaban J connectivity index is 1.28. The molecule has 3 spiro atoms. The Hall–Kier alpha value is -6.59. The number of allylic oxidation sites excluding steroid dienone is 5. The van der Waals surface area contributed by atoms with Gasteiger partial charge in [0.25, 0.3) is 0 Å². The van der Waals surface area contributed by atoms with E-state index in [2.05, 4.69) is 208 Å². The summed E-state index contributed by atoms with van der Waals surface area (Å²) in [5, 5.41) is 4.57. The van der Waals surface area contributed by atoms with Crippen LogP contribution in [0.2, 0.25) is 0 Å². The van der Waals surface area contributed by atoms with Crippen LogP contribution in [0.25, 0.3) is 33.4 Å². The SMILES string of the molecule is C=C/C=C1\C2=C(C)C3(c4ccccc4-c4ccccc43)c3cccc4c3P2c2c(cccc2C42c3ccccc3-c3ccccc32)C12c1ccccc1-c1ccccc12. The van der Waals surface area contributed by atoms with Crippen LogP contribution in [-0.2, 0) is 16.2 Å². The lowest BCUT2D eigenvalue weighted by molar-refractivity contribution is 0.700. The first kappa shape index (κ1) is 32.4. The van der Waals surface area contributed by atoms with E-state index in [1.54, 1.807) is 0 Å². The summed E-state index contributed by atoms with van der Waals surface area (Å²) in [7, 11) is -1.02. The van der Waals surface area contributed by atoms with Crippen LogP contribution in [0.3, 0.4) is 0 Å². The molecule has 3 aliphatic heterocycles. The summed E-state index contributed by atoms with van der Waals surface area (Å²) in [4.78, 5) is 0. The molecule has 0 fully saturated rings. The van der Waals surface area contributed by atoms with Gasteiger partial charge in [-0.15, -0.1) is 0 Å². The molecule has 0 aromatic heterocycles. The highest BCUT2D eigenvalue weighted by Crippen LogP contribution is 2.75. The second kappa shape index (κ2) is 10.9. The van der Waals surface area contributed by atoms with Crippen LogP contribution < -0.4 is 10.6 Å². The fourth-order valence-electron chi connectivity index (χ4n) is 13.3. The maximum atomic E-state index is 4.49. The minimum Gasteiger partial charge on any atom is -0.0991 e. The minimum absolute atomic E-state index is 0.492. The van der Waals surface area contributed by atoms with Crippen molar-refractivity contribution < 1.29 is 0 Å². The van der Waals surface area contributed by atoms with Gasteiger partial charge in [-0.25, -0.2) is 0 Å². The first-order valence-electron chi connectivity index (χ1n) is 20.9. The first-order valence-corrected chi connectivity index (χ1v) is 22.2. The zero-order chi connectivity index (χ0) is 38.8. The molecule has 1 heteroatoms. The van der Waals surface area contributed by atoms with E-state index in [9.17, 15) is 0 Å². The van der Waals surface area contributed by atoms with Crippen LogP contribution in [0.4, 0.5) is 0 Å². The molecular formula is C58H37P. The van der Waals surface area contributed by atoms with E-state index in [1.165, 1.54) is 116 Å². The van der Waals surface area contributed by atoms with Crippen molar-refractivity contribution >= 4 is 18.5 Å². The van der Waals surface area contributed by atoms with Gasteiger partial charge >= 0.3 is 0 Å². The molecule has 1 unspecified atom stereocenters. The van der Waals surface area contributed by atoms with Gasteiger partial charge in [-0.1, -0.05) is 201 Å². The Bertz CT molecular complexity index is 3200. The molecule has 0 bridgehead atoms. The van der Waals surface area contributed by atoms with Gasteiger partial charge in [-0.2, -0.15) is 0 Å². The lowest BCUT2D eigenvalue weighted by atomic mass is 9.59. The van der Waals surface area contributed by atoms with E-state index in [4.69, 9.17) is 0 Å². The van der Waals surface area contributed by atoms with Gasteiger partial charge < -0.3 is 0 Å². The predicted molar refractivity (Wildman–Crippen MR) is 244 cm³/mol. The molecule has 0 saturated heterocycles. The summed E-state index contributed by atoms with van der Waals surface area (Å²) >= 11 is 0. The summed E-state index contributed by atoms with van der Waals surface area (Å²) in [5.74, 6) is 0. The van der Waals surface area contributed by atoms with Crippen molar-refractivity contribution in [2.75, 3.05) is 0 Å². The third-order valence-corrected chi connectivity index (χ3v) is 18.0. The summed E-state index contributed by atoms with van der Waals surface area (Å²) in [6.45, 7) is 6.99. The van der Waals surface area contributed by atoms with Crippen molar-refractivity contribution in [1.82, 2.24) is 0 Å². The quantitative estimate of drug-likeness (QED) is 0.146. The first-order chi connectivity index (χ1) is 29.2. The smallest absolute Gasteiger partial charge is 0.0726 e. The summed E-state index contributed by atoms with van der Waals surface area (Å²) in [6, 6.07) is 70.5. The molecule has 8 aromatic carbocycles. The third-order valence-electron chi connectivity index (χ3n) is 15.1. The van der Waals surface area contributed by atoms with Gasteiger partial charge in [0.1, 0.15) is 0 Å². The summed E-state index contributed by atoms with van der Waals surface area (Å²) < 4.78 is 0. The molecule has 0 saturated carbocycles. The molecule has 0 amide bonds. The van der Waals surface area contributed by atoms with Crippen LogP contribution in [0.1, 0.15) is 62.6 Å². The summed E-state index contributed by atoms with van der Waals surface area (Å²) in [5.41, 5.74) is 23.3. The predicted octanol–water partition coefficient (Wildman–Crippen LogP) is 12.8. The molecule has 59 heavy (non-hydrogen) atoms. The van der Waals surface area contributed by atoms with Crippen molar-refractivity contribution in [2.45, 2.75) is 23.2 Å². The van der Waals surface area contributed by atoms with Gasteiger partial charge in [0, 0.05) is 0 Å². The Morgan fingerprint density at radius 1 is 0.356 bits per heavy atom. The summed E-state index contributed by atoms with van der Waals surface area (Å²) in [6.07, 6.45) is 4.49. The van der Waals surface area contributed by atoms with Crippen molar-refractivity contribution in [3.63, 3.8) is 0 Å². The maximum absolute atomic E-state index is 4.49. The van der Waals surface area contributed by atoms with Crippen molar-refractivity contribution in [1.29, 1.82) is 0 Å². The monoisotopic (exact) mass is 764 g/mol. The number of hydrogen-bond donors (Lipinski definition) is 0. The standard InChI is InChI=1S/C58H37P/c1-3-18-48-53-35(2)56(42-25-10-4-19-36(42)37-20-5-11-26-43(37)56)49-31-16-32-50-54(49)59(53)55-51(57(48)44-27-12-6-21-38(44)39-22-7-13-28-45(39)57)33-17-34-52(55)58(50)46-29-14-8-23-40(46)41-24-9-15-30-47(41)58/h3-34H,1H2,2H3/b48-18+. The molecule has 0 N–H and O–H groups in total. The van der Waals surface area contributed by atoms with E-state index in [1.807, 2.05) is 0 Å². The molecule has 0 radical (unpaired) electrons. The van der Waals surface area contributed by atoms with Gasteiger partial charge in [-0.3, -0.25) is 0 Å². The lowest BCUT2D eigenvalue weighted by Crippen LogP contribution is -2.53. The lowest BCUT2D eigenvalue weighted by Gasteiger charge is -2.56. The van der Waals surface area contributed by atoms with Crippen molar-refractivity contribution in [2.24, 2.45) is 0 Å². The number of benzene rings is 8. The van der Waals surface area contributed by atoms with Crippen LogP contribution in [0.5, 0.6) is 0 Å². The maximum Gasteiger partial charge on any atom is 0.0726 e. The minimum atomic E-state index is -1.02. The van der Waals surface area contributed by atoms with E-state index < -0.39 is 24.2 Å². The highest BCUT2D eigenvalue weighted by atomic mass is 31.1. The molecule has 14 rings (SSSR count). The van der Waals surface area contributed by atoms with E-state index in [-0.39, 0.29) is 0 Å². The normalized spacial score (nSPS) is 19.2. The van der Waals surface area contributed by atoms with Gasteiger partial charge in [0.05, 0.1) is 16.2 Å². The van der Waals surface area contributed by atoms with Gasteiger partial charge in [-0.05, 0) is 131 Å². The van der Waals surface area contributed by atoms with Crippen LogP contribution in [0.15, 0.2) is 217 Å². The zero-order valence-electron chi connectivity index (χ0n) is 32.6.